The van der Waals surface area contributed by atoms with Crippen LogP contribution in [-0.2, 0) is 11.2 Å². The standard InChI is InChI=1S/C19H31NO5/c1-2-3-4-5-6-12-25-15-9-7-8-14(13-15)10-11-16(21)18(22)17(20)19(23)24/h7-9,13,16-18,21-22H,2-6,10-12,20H2,1H3,(H,23,24). The Morgan fingerprint density at radius 3 is 2.60 bits per heavy atom. The summed E-state index contributed by atoms with van der Waals surface area (Å²) in [6, 6.07) is 6.10. The van der Waals surface area contributed by atoms with Gasteiger partial charge in [0.1, 0.15) is 17.9 Å². The van der Waals surface area contributed by atoms with Gasteiger partial charge in [0, 0.05) is 0 Å². The monoisotopic (exact) mass is 353 g/mol. The van der Waals surface area contributed by atoms with E-state index in [9.17, 15) is 15.0 Å². The van der Waals surface area contributed by atoms with Crippen LogP contribution in [0.25, 0.3) is 0 Å². The highest BCUT2D eigenvalue weighted by Gasteiger charge is 2.28. The molecule has 0 heterocycles. The molecule has 1 aromatic carbocycles. The molecule has 0 aliphatic heterocycles. The zero-order valence-electron chi connectivity index (χ0n) is 14.9. The van der Waals surface area contributed by atoms with Crippen LogP contribution < -0.4 is 10.5 Å². The summed E-state index contributed by atoms with van der Waals surface area (Å²) in [6.45, 7) is 2.87. The molecule has 25 heavy (non-hydrogen) atoms. The highest BCUT2D eigenvalue weighted by Crippen LogP contribution is 2.17. The molecule has 5 N–H and O–H groups in total. The van der Waals surface area contributed by atoms with Crippen molar-refractivity contribution < 1.29 is 24.9 Å². The van der Waals surface area contributed by atoms with Gasteiger partial charge in [-0.15, -0.1) is 0 Å². The predicted octanol–water partition coefficient (Wildman–Crippen LogP) is 2.10. The summed E-state index contributed by atoms with van der Waals surface area (Å²) in [6.07, 6.45) is 3.97. The van der Waals surface area contributed by atoms with Crippen molar-refractivity contribution in [2.45, 2.75) is 70.1 Å². The number of ether oxygens (including phenoxy) is 1. The van der Waals surface area contributed by atoms with E-state index in [4.69, 9.17) is 15.6 Å². The Kier molecular flexibility index (Phi) is 10.1. The van der Waals surface area contributed by atoms with Gasteiger partial charge in [-0.25, -0.2) is 0 Å². The summed E-state index contributed by atoms with van der Waals surface area (Å²) in [5.41, 5.74) is 6.28. The van der Waals surface area contributed by atoms with Gasteiger partial charge in [-0.2, -0.15) is 0 Å². The van der Waals surface area contributed by atoms with Crippen LogP contribution in [0.5, 0.6) is 5.75 Å². The Bertz CT molecular complexity index is 508. The number of aliphatic hydroxyl groups excluding tert-OH is 2. The molecule has 0 aliphatic carbocycles. The molecule has 0 radical (unpaired) electrons. The van der Waals surface area contributed by atoms with Crippen molar-refractivity contribution >= 4 is 5.97 Å². The molecule has 142 valence electrons. The summed E-state index contributed by atoms with van der Waals surface area (Å²) in [5.74, 6) is -0.550. The largest absolute Gasteiger partial charge is 0.494 e. The number of hydrogen-bond acceptors (Lipinski definition) is 5. The molecule has 6 heteroatoms. The first kappa shape index (κ1) is 21.4. The molecule has 1 aromatic rings. The number of carboxylic acid groups (broad SMARTS) is 1. The Hall–Kier alpha value is -1.63. The molecule has 0 amide bonds. The number of unbranched alkanes of at least 4 members (excludes halogenated alkanes) is 4. The lowest BCUT2D eigenvalue weighted by atomic mass is 9.99. The Morgan fingerprint density at radius 2 is 1.92 bits per heavy atom. The van der Waals surface area contributed by atoms with Gasteiger partial charge in [-0.1, -0.05) is 44.7 Å². The maximum absolute atomic E-state index is 10.7. The first-order chi connectivity index (χ1) is 12.0. The summed E-state index contributed by atoms with van der Waals surface area (Å²) in [4.78, 5) is 10.7. The summed E-state index contributed by atoms with van der Waals surface area (Å²) < 4.78 is 5.74. The second-order valence-corrected chi connectivity index (χ2v) is 6.37. The van der Waals surface area contributed by atoms with Crippen molar-refractivity contribution in [1.29, 1.82) is 0 Å². The number of aliphatic hydroxyl groups is 2. The van der Waals surface area contributed by atoms with Crippen LogP contribution in [0, 0.1) is 0 Å². The SMILES string of the molecule is CCCCCCCOc1cccc(CCC(O)C(O)C(N)C(=O)O)c1. The van der Waals surface area contributed by atoms with E-state index < -0.39 is 24.2 Å². The molecule has 0 saturated carbocycles. The lowest BCUT2D eigenvalue weighted by Gasteiger charge is -2.21. The molecule has 0 aliphatic rings. The fraction of sp³-hybridized carbons (Fsp3) is 0.632. The molecule has 6 nitrogen and oxygen atoms in total. The molecule has 0 bridgehead atoms. The highest BCUT2D eigenvalue weighted by molar-refractivity contribution is 5.74. The smallest absolute Gasteiger partial charge is 0.323 e. The summed E-state index contributed by atoms with van der Waals surface area (Å²) >= 11 is 0. The fourth-order valence-electron chi connectivity index (χ4n) is 2.56. The third-order valence-corrected chi connectivity index (χ3v) is 4.19. The minimum absolute atomic E-state index is 0.225. The van der Waals surface area contributed by atoms with E-state index in [1.807, 2.05) is 24.3 Å². The van der Waals surface area contributed by atoms with Crippen molar-refractivity contribution in [1.82, 2.24) is 0 Å². The van der Waals surface area contributed by atoms with Crippen LogP contribution in [0.3, 0.4) is 0 Å². The van der Waals surface area contributed by atoms with Crippen LogP contribution in [0.2, 0.25) is 0 Å². The number of nitrogens with two attached hydrogens (primary N) is 1. The van der Waals surface area contributed by atoms with Gasteiger partial charge in [0.2, 0.25) is 0 Å². The normalized spacial score (nSPS) is 14.7. The first-order valence-electron chi connectivity index (χ1n) is 9.02. The molecule has 0 spiro atoms. The van der Waals surface area contributed by atoms with Crippen LogP contribution in [0.15, 0.2) is 24.3 Å². The van der Waals surface area contributed by atoms with Crippen molar-refractivity contribution in [2.24, 2.45) is 5.73 Å². The lowest BCUT2D eigenvalue weighted by molar-refractivity contribution is -0.143. The maximum Gasteiger partial charge on any atom is 0.323 e. The fourth-order valence-corrected chi connectivity index (χ4v) is 2.56. The Balaban J connectivity index is 2.38. The van der Waals surface area contributed by atoms with Crippen LogP contribution >= 0.6 is 0 Å². The zero-order valence-corrected chi connectivity index (χ0v) is 14.9. The zero-order chi connectivity index (χ0) is 18.7. The van der Waals surface area contributed by atoms with Gasteiger partial charge in [0.05, 0.1) is 12.7 Å². The summed E-state index contributed by atoms with van der Waals surface area (Å²) in [5, 5.41) is 28.4. The van der Waals surface area contributed by atoms with E-state index in [0.29, 0.717) is 13.0 Å². The van der Waals surface area contributed by atoms with E-state index in [1.54, 1.807) is 0 Å². The van der Waals surface area contributed by atoms with Gasteiger partial charge in [0.25, 0.3) is 0 Å². The van der Waals surface area contributed by atoms with E-state index in [0.717, 1.165) is 17.7 Å². The molecule has 0 fully saturated rings. The van der Waals surface area contributed by atoms with Gasteiger partial charge in [0.15, 0.2) is 0 Å². The number of rotatable bonds is 13. The van der Waals surface area contributed by atoms with Crippen molar-refractivity contribution in [3.05, 3.63) is 29.8 Å². The van der Waals surface area contributed by atoms with E-state index in [1.165, 1.54) is 25.7 Å². The van der Waals surface area contributed by atoms with E-state index in [2.05, 4.69) is 6.92 Å². The average molecular weight is 353 g/mol. The third kappa shape index (κ3) is 8.34. The number of hydrogen-bond donors (Lipinski definition) is 4. The molecule has 3 unspecified atom stereocenters. The van der Waals surface area contributed by atoms with Crippen LogP contribution in [0.4, 0.5) is 0 Å². The second-order valence-electron chi connectivity index (χ2n) is 6.37. The summed E-state index contributed by atoms with van der Waals surface area (Å²) in [7, 11) is 0. The molecule has 3 atom stereocenters. The number of aryl methyl sites for hydroxylation is 1. The Labute approximate surface area is 149 Å². The lowest BCUT2D eigenvalue weighted by Crippen LogP contribution is -2.48. The maximum atomic E-state index is 10.7. The van der Waals surface area contributed by atoms with E-state index in [-0.39, 0.29) is 6.42 Å². The number of carboxylic acids is 1. The van der Waals surface area contributed by atoms with Gasteiger partial charge in [-0.05, 0) is 37.0 Å². The first-order valence-corrected chi connectivity index (χ1v) is 9.02. The molecule has 0 aromatic heterocycles. The number of aliphatic carboxylic acids is 1. The van der Waals surface area contributed by atoms with Crippen molar-refractivity contribution in [3.8, 4) is 5.75 Å². The predicted molar refractivity (Wildman–Crippen MR) is 96.6 cm³/mol. The van der Waals surface area contributed by atoms with E-state index >= 15 is 0 Å². The van der Waals surface area contributed by atoms with Gasteiger partial charge in [-0.3, -0.25) is 4.79 Å². The van der Waals surface area contributed by atoms with Gasteiger partial charge >= 0.3 is 5.97 Å². The quantitative estimate of drug-likeness (QED) is 0.404. The minimum atomic E-state index is -1.49. The van der Waals surface area contributed by atoms with Crippen molar-refractivity contribution in [3.63, 3.8) is 0 Å². The molecule has 1 rings (SSSR count). The molecular formula is C19H31NO5. The number of carbonyl (C=O) groups is 1. The van der Waals surface area contributed by atoms with Crippen LogP contribution in [0.1, 0.15) is 51.0 Å². The molecule has 0 saturated heterocycles. The second kappa shape index (κ2) is 11.8. The molecular weight excluding hydrogens is 322 g/mol. The Morgan fingerprint density at radius 1 is 1.20 bits per heavy atom. The third-order valence-electron chi connectivity index (χ3n) is 4.19. The average Bonchev–Trinajstić information content (AvgIpc) is 2.61. The van der Waals surface area contributed by atoms with Crippen molar-refractivity contribution in [2.75, 3.05) is 6.61 Å². The highest BCUT2D eigenvalue weighted by atomic mass is 16.5. The van der Waals surface area contributed by atoms with Crippen LogP contribution in [-0.4, -0.2) is 46.1 Å². The van der Waals surface area contributed by atoms with Gasteiger partial charge < -0.3 is 25.8 Å². The number of benzene rings is 1. The minimum Gasteiger partial charge on any atom is -0.494 e. The topological polar surface area (TPSA) is 113 Å².